The van der Waals surface area contributed by atoms with Crippen LogP contribution in [0.25, 0.3) is 0 Å². The maximum absolute atomic E-state index is 13.6. The van der Waals surface area contributed by atoms with Gasteiger partial charge in [0.05, 0.1) is 25.1 Å². The van der Waals surface area contributed by atoms with Crippen LogP contribution in [-0.4, -0.2) is 126 Å². The number of hydrogen-bond acceptors (Lipinski definition) is 12. The van der Waals surface area contributed by atoms with Gasteiger partial charge >= 0.3 is 7.82 Å². The molecule has 1 saturated heterocycles. The van der Waals surface area contributed by atoms with Crippen LogP contribution >= 0.6 is 7.82 Å². The Kier molecular flexibility index (Phi) is 15.0. The van der Waals surface area contributed by atoms with Gasteiger partial charge in [-0.15, -0.1) is 0 Å². The molecule has 270 valence electrons. The number of nitrogens with one attached hydrogen (secondary N) is 6. The zero-order chi connectivity index (χ0) is 36.3. The van der Waals surface area contributed by atoms with Crippen LogP contribution in [0.5, 0.6) is 0 Å². The number of hydrogen-bond donors (Lipinski definition) is 11. The summed E-state index contributed by atoms with van der Waals surface area (Å²) in [6.45, 7) is 4.95. The van der Waals surface area contributed by atoms with E-state index in [9.17, 15) is 43.6 Å². The van der Waals surface area contributed by atoms with Crippen molar-refractivity contribution in [2.75, 3.05) is 13.2 Å². The molecule has 1 aromatic heterocycles. The van der Waals surface area contributed by atoms with Crippen LogP contribution in [0.1, 0.15) is 46.2 Å². The standard InChI is InChI=1S/C26H44N9O12P/c1-12(2)5-17(31-26(42)20-7-16(34-43)9-35(20)14(4)37)23(39)30-18(6-15-8-28-11-29-15)24(40)32-19(10-36)25(41)33-21(22(27)38)13(3)47-48(44,45)46/h8,11-13,16-21,34,36,43H,5-7,9-10H2,1-4H3,(H2,27,38)(H,28,29)(H,30,39)(H,31,42)(H,32,40)(H,33,41)(H2,44,45,46)/t13-,16+,17+,18+,19+,20+,21+/m1/s1. The molecule has 0 aromatic carbocycles. The average molecular weight is 706 g/mol. The minimum Gasteiger partial charge on any atom is -0.394 e. The molecule has 1 fully saturated rings. The molecule has 0 radical (unpaired) electrons. The molecular weight excluding hydrogens is 661 g/mol. The van der Waals surface area contributed by atoms with Crippen molar-refractivity contribution in [3.63, 3.8) is 0 Å². The van der Waals surface area contributed by atoms with E-state index in [0.29, 0.717) is 5.69 Å². The first-order chi connectivity index (χ1) is 22.4. The molecule has 48 heavy (non-hydrogen) atoms. The van der Waals surface area contributed by atoms with Gasteiger partial charge in [0.1, 0.15) is 30.2 Å². The molecule has 2 heterocycles. The summed E-state index contributed by atoms with van der Waals surface area (Å²) in [5.74, 6) is -5.37. The van der Waals surface area contributed by atoms with Gasteiger partial charge in [-0.3, -0.25) is 33.3 Å². The highest BCUT2D eigenvalue weighted by Gasteiger charge is 2.40. The van der Waals surface area contributed by atoms with E-state index in [0.717, 1.165) is 6.92 Å². The van der Waals surface area contributed by atoms with E-state index in [4.69, 9.17) is 15.5 Å². The number of rotatable bonds is 18. The number of phosphoric ester groups is 1. The van der Waals surface area contributed by atoms with Gasteiger partial charge in [0, 0.05) is 31.8 Å². The summed E-state index contributed by atoms with van der Waals surface area (Å²) in [4.78, 5) is 103. The van der Waals surface area contributed by atoms with Crippen molar-refractivity contribution in [3.05, 3.63) is 18.2 Å². The number of primary amides is 1. The number of nitrogens with zero attached hydrogens (tertiary/aromatic N) is 2. The highest BCUT2D eigenvalue weighted by Crippen LogP contribution is 2.38. The maximum atomic E-state index is 13.6. The second-order valence-corrected chi connectivity index (χ2v) is 12.9. The van der Waals surface area contributed by atoms with Crippen molar-refractivity contribution >= 4 is 43.3 Å². The number of phosphoric acid groups is 1. The quantitative estimate of drug-likeness (QED) is 0.0511. The number of H-pyrrole nitrogens is 1. The molecule has 0 spiro atoms. The fourth-order valence-corrected chi connectivity index (χ4v) is 5.57. The fraction of sp³-hybridized carbons (Fsp3) is 0.654. The van der Waals surface area contributed by atoms with Crippen LogP contribution in [0.3, 0.4) is 0 Å². The van der Waals surface area contributed by atoms with Gasteiger partial charge in [0.2, 0.25) is 35.4 Å². The Labute approximate surface area is 275 Å². The van der Waals surface area contributed by atoms with E-state index in [1.807, 2.05) is 5.48 Å². The lowest BCUT2D eigenvalue weighted by atomic mass is 10.0. The van der Waals surface area contributed by atoms with E-state index >= 15 is 0 Å². The maximum Gasteiger partial charge on any atom is 0.469 e. The van der Waals surface area contributed by atoms with Gasteiger partial charge < -0.3 is 57.0 Å². The van der Waals surface area contributed by atoms with Gasteiger partial charge in [-0.05, 0) is 25.7 Å². The minimum absolute atomic E-state index is 0.0623. The molecule has 0 aliphatic carbocycles. The molecule has 6 amide bonds. The third kappa shape index (κ3) is 12.2. The molecule has 12 N–H and O–H groups in total. The summed E-state index contributed by atoms with van der Waals surface area (Å²) in [7, 11) is -5.09. The van der Waals surface area contributed by atoms with Crippen molar-refractivity contribution in [3.8, 4) is 0 Å². The second kappa shape index (κ2) is 18.0. The van der Waals surface area contributed by atoms with E-state index in [-0.39, 0.29) is 31.7 Å². The summed E-state index contributed by atoms with van der Waals surface area (Å²) in [5, 5.41) is 28.7. The number of aliphatic hydroxyl groups is 1. The predicted octanol–water partition coefficient (Wildman–Crippen LogP) is -4.12. The summed E-state index contributed by atoms with van der Waals surface area (Å²) < 4.78 is 15.6. The lowest BCUT2D eigenvalue weighted by Crippen LogP contribution is -2.61. The van der Waals surface area contributed by atoms with E-state index < -0.39 is 92.2 Å². The Morgan fingerprint density at radius 2 is 1.65 bits per heavy atom. The number of aliphatic hydroxyl groups excluding tert-OH is 1. The molecular formula is C26H44N9O12P. The first-order valence-electron chi connectivity index (χ1n) is 14.9. The van der Waals surface area contributed by atoms with Gasteiger partial charge in [-0.25, -0.2) is 15.0 Å². The number of aromatic amines is 1. The number of amides is 6. The molecule has 2 rings (SSSR count). The average Bonchev–Trinajstić information content (AvgIpc) is 3.66. The molecule has 22 heteroatoms. The molecule has 7 atom stereocenters. The topological polar surface area (TPSA) is 328 Å². The van der Waals surface area contributed by atoms with Crippen LogP contribution in [0, 0.1) is 5.92 Å². The summed E-state index contributed by atoms with van der Waals surface area (Å²) in [5.41, 5.74) is 7.67. The largest absolute Gasteiger partial charge is 0.469 e. The number of hydroxylamine groups is 1. The number of likely N-dealkylation sites (tertiary alicyclic amines) is 1. The zero-order valence-electron chi connectivity index (χ0n) is 26.8. The second-order valence-electron chi connectivity index (χ2n) is 11.7. The Bertz CT molecular complexity index is 1340. The third-order valence-electron chi connectivity index (χ3n) is 7.34. The summed E-state index contributed by atoms with van der Waals surface area (Å²) in [6, 6.07) is -7.67. The molecule has 21 nitrogen and oxygen atoms in total. The molecule has 0 saturated carbocycles. The van der Waals surface area contributed by atoms with Crippen LogP contribution < -0.4 is 32.5 Å². The Morgan fingerprint density at radius 3 is 2.15 bits per heavy atom. The van der Waals surface area contributed by atoms with Gasteiger partial charge in [0.25, 0.3) is 0 Å². The van der Waals surface area contributed by atoms with E-state index in [1.165, 1.54) is 24.3 Å². The number of imidazole rings is 1. The molecule has 0 unspecified atom stereocenters. The highest BCUT2D eigenvalue weighted by molar-refractivity contribution is 7.46. The van der Waals surface area contributed by atoms with Gasteiger partial charge in [0.15, 0.2) is 0 Å². The van der Waals surface area contributed by atoms with Crippen molar-refractivity contribution in [2.24, 2.45) is 11.7 Å². The Hall–Kier alpha value is -3.98. The number of nitrogens with two attached hydrogens (primary N) is 1. The number of carbonyl (C=O) groups is 6. The normalized spacial score (nSPS) is 19.5. The SMILES string of the molecule is CC(=O)N1C[C@@H](NO)C[C@H]1C(=O)N[C@@H](CC(C)C)C(=O)N[C@@H](Cc1cnc[nH]1)C(=O)N[C@@H](CO)C(=O)N[C@H](C(N)=O)[C@@H](C)OP(=O)(O)O. The number of aromatic nitrogens is 2. The Morgan fingerprint density at radius 1 is 1.04 bits per heavy atom. The fourth-order valence-electron chi connectivity index (χ4n) is 5.01. The van der Waals surface area contributed by atoms with Crippen molar-refractivity contribution < 1.29 is 58.0 Å². The predicted molar refractivity (Wildman–Crippen MR) is 163 cm³/mol. The van der Waals surface area contributed by atoms with Crippen LogP contribution in [0.4, 0.5) is 0 Å². The van der Waals surface area contributed by atoms with Crippen molar-refractivity contribution in [2.45, 2.75) is 89.3 Å². The number of carbonyl (C=O) groups excluding carboxylic acids is 6. The molecule has 1 aliphatic rings. The van der Waals surface area contributed by atoms with Gasteiger partial charge in [-0.2, -0.15) is 0 Å². The summed E-state index contributed by atoms with van der Waals surface area (Å²) in [6.07, 6.45) is 1.09. The molecule has 0 bridgehead atoms. The van der Waals surface area contributed by atoms with E-state index in [1.54, 1.807) is 13.8 Å². The smallest absolute Gasteiger partial charge is 0.394 e. The first-order valence-corrected chi connectivity index (χ1v) is 16.4. The van der Waals surface area contributed by atoms with Crippen molar-refractivity contribution in [1.29, 1.82) is 0 Å². The van der Waals surface area contributed by atoms with E-state index in [2.05, 4.69) is 35.8 Å². The van der Waals surface area contributed by atoms with Gasteiger partial charge in [-0.1, -0.05) is 13.8 Å². The lowest BCUT2D eigenvalue weighted by Gasteiger charge is -2.28. The third-order valence-corrected chi connectivity index (χ3v) is 7.94. The Balaban J connectivity index is 2.25. The van der Waals surface area contributed by atoms with Crippen LogP contribution in [-0.2, 0) is 44.3 Å². The first kappa shape index (κ1) is 40.2. The monoisotopic (exact) mass is 705 g/mol. The molecule has 1 aliphatic heterocycles. The summed E-state index contributed by atoms with van der Waals surface area (Å²) >= 11 is 0. The molecule has 1 aromatic rings. The van der Waals surface area contributed by atoms with Crippen molar-refractivity contribution in [1.82, 2.24) is 41.6 Å². The lowest BCUT2D eigenvalue weighted by molar-refractivity contribution is -0.139. The zero-order valence-corrected chi connectivity index (χ0v) is 27.7. The minimum atomic E-state index is -5.09. The highest BCUT2D eigenvalue weighted by atomic mass is 31.2. The van der Waals surface area contributed by atoms with Crippen LogP contribution in [0.15, 0.2) is 12.5 Å². The van der Waals surface area contributed by atoms with Crippen LogP contribution in [0.2, 0.25) is 0 Å².